The summed E-state index contributed by atoms with van der Waals surface area (Å²) in [6.07, 6.45) is 4.32. The number of fused-ring (bicyclic) bond motifs is 1. The third-order valence-corrected chi connectivity index (χ3v) is 5.03. The van der Waals surface area contributed by atoms with Gasteiger partial charge in [0.15, 0.2) is 0 Å². The molecule has 1 heterocycles. The number of rotatable bonds is 2. The smallest absolute Gasteiger partial charge is 0.278 e. The summed E-state index contributed by atoms with van der Waals surface area (Å²) in [6, 6.07) is 5.02. The number of carbonyl (C=O) groups is 2. The molecule has 124 valence electrons. The number of hydrogen-bond donors (Lipinski definition) is 2. The van der Waals surface area contributed by atoms with E-state index in [1.165, 1.54) is 13.3 Å². The van der Waals surface area contributed by atoms with Crippen molar-refractivity contribution in [2.24, 2.45) is 5.92 Å². The largest absolute Gasteiger partial charge is 0.466 e. The van der Waals surface area contributed by atoms with Gasteiger partial charge in [-0.1, -0.05) is 31.4 Å². The number of carbonyl (C=O) groups excluding carboxylic acids is 2. The lowest BCUT2D eigenvalue weighted by Gasteiger charge is -2.36. The van der Waals surface area contributed by atoms with Crippen molar-refractivity contribution >= 4 is 29.1 Å². The van der Waals surface area contributed by atoms with Gasteiger partial charge in [0, 0.05) is 11.1 Å². The molecule has 3 atom stereocenters. The maximum atomic E-state index is 12.7. The number of benzene rings is 1. The van der Waals surface area contributed by atoms with E-state index in [4.69, 9.17) is 16.3 Å². The molecule has 1 aromatic carbocycles. The fourth-order valence-electron chi connectivity index (χ4n) is 3.18. The first kappa shape index (κ1) is 16.1. The molecular weight excluding hydrogens is 316 g/mol. The Hall–Kier alpha value is -1.75. The van der Waals surface area contributed by atoms with Crippen LogP contribution in [0.3, 0.4) is 0 Å². The highest BCUT2D eigenvalue weighted by Gasteiger charge is 2.48. The predicted octanol–water partition coefficient (Wildman–Crippen LogP) is 3.12. The van der Waals surface area contributed by atoms with Crippen LogP contribution in [0.4, 0.5) is 5.69 Å². The SMILES string of the molecule is CC1CCCCC1NC(=O)C1(C)Oc2ccc(Cl)cc2NC1=O. The molecule has 2 amide bonds. The molecule has 1 fully saturated rings. The molecule has 3 unspecified atom stereocenters. The number of ether oxygens (including phenoxy) is 1. The van der Waals surface area contributed by atoms with E-state index < -0.39 is 17.4 Å². The summed E-state index contributed by atoms with van der Waals surface area (Å²) in [5.74, 6) is -0.0139. The quantitative estimate of drug-likeness (QED) is 0.815. The van der Waals surface area contributed by atoms with E-state index in [1.807, 2.05) is 0 Å². The Bertz CT molecular complexity index is 649. The van der Waals surface area contributed by atoms with Gasteiger partial charge >= 0.3 is 0 Å². The minimum absolute atomic E-state index is 0.0936. The van der Waals surface area contributed by atoms with Gasteiger partial charge in [0.05, 0.1) is 5.69 Å². The van der Waals surface area contributed by atoms with E-state index in [0.717, 1.165) is 19.3 Å². The second-order valence-corrected chi connectivity index (χ2v) is 7.01. The van der Waals surface area contributed by atoms with E-state index >= 15 is 0 Å². The summed E-state index contributed by atoms with van der Waals surface area (Å²) in [7, 11) is 0. The number of anilines is 1. The highest BCUT2D eigenvalue weighted by molar-refractivity contribution is 6.31. The number of amides is 2. The monoisotopic (exact) mass is 336 g/mol. The topological polar surface area (TPSA) is 67.4 Å². The van der Waals surface area contributed by atoms with Gasteiger partial charge in [-0.2, -0.15) is 0 Å². The lowest BCUT2D eigenvalue weighted by atomic mass is 9.85. The third-order valence-electron chi connectivity index (χ3n) is 4.80. The normalized spacial score (nSPS) is 30.0. The van der Waals surface area contributed by atoms with E-state index in [2.05, 4.69) is 17.6 Å². The van der Waals surface area contributed by atoms with Crippen molar-refractivity contribution in [1.82, 2.24) is 5.32 Å². The molecule has 6 heteroatoms. The van der Waals surface area contributed by atoms with Crippen molar-refractivity contribution in [3.05, 3.63) is 23.2 Å². The van der Waals surface area contributed by atoms with E-state index in [1.54, 1.807) is 18.2 Å². The van der Waals surface area contributed by atoms with Crippen LogP contribution in [0.2, 0.25) is 5.02 Å². The average Bonchev–Trinajstić information content (AvgIpc) is 2.51. The van der Waals surface area contributed by atoms with Crippen LogP contribution in [-0.4, -0.2) is 23.5 Å². The minimum Gasteiger partial charge on any atom is -0.466 e. The Morgan fingerprint density at radius 2 is 2.13 bits per heavy atom. The second kappa shape index (κ2) is 6.04. The Balaban J connectivity index is 1.79. The molecular formula is C17H21ClN2O3. The molecule has 1 saturated carbocycles. The van der Waals surface area contributed by atoms with Crippen molar-refractivity contribution in [3.8, 4) is 5.75 Å². The molecule has 0 bridgehead atoms. The standard InChI is InChI=1S/C17H21ClN2O3/c1-10-5-3-4-6-12(10)19-15(21)17(2)16(22)20-13-9-11(18)7-8-14(13)23-17/h7-10,12H,3-6H2,1-2H3,(H,19,21)(H,20,22). The number of halogens is 1. The van der Waals surface area contributed by atoms with Gasteiger partial charge < -0.3 is 15.4 Å². The number of hydrogen-bond acceptors (Lipinski definition) is 3. The van der Waals surface area contributed by atoms with Gasteiger partial charge in [-0.15, -0.1) is 0 Å². The molecule has 23 heavy (non-hydrogen) atoms. The van der Waals surface area contributed by atoms with Crippen LogP contribution in [0.15, 0.2) is 18.2 Å². The maximum absolute atomic E-state index is 12.7. The molecule has 3 rings (SSSR count). The average molecular weight is 337 g/mol. The fourth-order valence-corrected chi connectivity index (χ4v) is 3.36. The Kier molecular flexibility index (Phi) is 4.23. The molecule has 2 N–H and O–H groups in total. The Morgan fingerprint density at radius 1 is 1.39 bits per heavy atom. The molecule has 1 aliphatic carbocycles. The molecule has 1 aliphatic heterocycles. The van der Waals surface area contributed by atoms with Gasteiger partial charge in [0.1, 0.15) is 5.75 Å². The number of nitrogens with one attached hydrogen (secondary N) is 2. The molecule has 1 aromatic rings. The minimum atomic E-state index is -1.57. The first-order valence-corrected chi connectivity index (χ1v) is 8.39. The van der Waals surface area contributed by atoms with Crippen LogP contribution in [0.5, 0.6) is 5.75 Å². The van der Waals surface area contributed by atoms with E-state index in [-0.39, 0.29) is 6.04 Å². The van der Waals surface area contributed by atoms with Crippen molar-refractivity contribution in [3.63, 3.8) is 0 Å². The zero-order chi connectivity index (χ0) is 16.6. The fraction of sp³-hybridized carbons (Fsp3) is 0.529. The molecule has 2 aliphatic rings. The van der Waals surface area contributed by atoms with Gasteiger partial charge in [-0.3, -0.25) is 9.59 Å². The van der Waals surface area contributed by atoms with Crippen molar-refractivity contribution in [1.29, 1.82) is 0 Å². The first-order chi connectivity index (χ1) is 10.9. The van der Waals surface area contributed by atoms with Crippen LogP contribution in [0.25, 0.3) is 0 Å². The molecule has 0 radical (unpaired) electrons. The lowest BCUT2D eigenvalue weighted by molar-refractivity contribution is -0.147. The molecule has 0 aromatic heterocycles. The summed E-state index contributed by atoms with van der Waals surface area (Å²) < 4.78 is 5.74. The van der Waals surface area contributed by atoms with Crippen molar-refractivity contribution in [2.75, 3.05) is 5.32 Å². The van der Waals surface area contributed by atoms with Crippen LogP contribution < -0.4 is 15.4 Å². The summed E-state index contributed by atoms with van der Waals surface area (Å²) in [5, 5.41) is 6.21. The summed E-state index contributed by atoms with van der Waals surface area (Å²) in [6.45, 7) is 3.63. The maximum Gasteiger partial charge on any atom is 0.278 e. The summed E-state index contributed by atoms with van der Waals surface area (Å²) in [5.41, 5.74) is -1.09. The lowest BCUT2D eigenvalue weighted by Crippen LogP contribution is -2.61. The molecule has 0 saturated heterocycles. The van der Waals surface area contributed by atoms with Gasteiger partial charge in [0.25, 0.3) is 17.4 Å². The van der Waals surface area contributed by atoms with Gasteiger partial charge in [-0.05, 0) is 43.9 Å². The van der Waals surface area contributed by atoms with Crippen molar-refractivity contribution in [2.45, 2.75) is 51.2 Å². The highest BCUT2D eigenvalue weighted by Crippen LogP contribution is 2.36. The third kappa shape index (κ3) is 3.02. The van der Waals surface area contributed by atoms with Crippen molar-refractivity contribution < 1.29 is 14.3 Å². The second-order valence-electron chi connectivity index (χ2n) is 6.57. The zero-order valence-corrected chi connectivity index (χ0v) is 14.1. The molecule has 5 nitrogen and oxygen atoms in total. The van der Waals surface area contributed by atoms with Crippen LogP contribution >= 0.6 is 11.6 Å². The Labute approximate surface area is 140 Å². The Morgan fingerprint density at radius 3 is 2.87 bits per heavy atom. The van der Waals surface area contributed by atoms with E-state index in [0.29, 0.717) is 22.4 Å². The first-order valence-electron chi connectivity index (χ1n) is 8.01. The summed E-state index contributed by atoms with van der Waals surface area (Å²) in [4.78, 5) is 25.1. The highest BCUT2D eigenvalue weighted by atomic mass is 35.5. The zero-order valence-electron chi connectivity index (χ0n) is 13.3. The summed E-state index contributed by atoms with van der Waals surface area (Å²) >= 11 is 5.92. The van der Waals surface area contributed by atoms with Gasteiger partial charge in [0.2, 0.25) is 0 Å². The van der Waals surface area contributed by atoms with Gasteiger partial charge in [-0.25, -0.2) is 0 Å². The van der Waals surface area contributed by atoms with Crippen LogP contribution in [0.1, 0.15) is 39.5 Å². The predicted molar refractivity (Wildman–Crippen MR) is 88.7 cm³/mol. The van der Waals surface area contributed by atoms with E-state index in [9.17, 15) is 9.59 Å². The van der Waals surface area contributed by atoms with Crippen LogP contribution in [0, 0.1) is 5.92 Å². The van der Waals surface area contributed by atoms with Crippen LogP contribution in [-0.2, 0) is 9.59 Å². The molecule has 0 spiro atoms.